The zero-order valence-corrected chi connectivity index (χ0v) is 16.1. The standard InChI is InChI=1S/C20H32N2O3/c1-14-6-10-18(11-7-14)24-13-15(2)21-16-8-9-17(12-16)22-19(23)25-20(3,4)5/h6-7,10-11,15-17,21H,8-9,12-13H2,1-5H3,(H,22,23). The first-order chi connectivity index (χ1) is 11.7. The second kappa shape index (κ2) is 8.56. The van der Waals surface area contributed by atoms with Crippen LogP contribution in [0.4, 0.5) is 4.79 Å². The van der Waals surface area contributed by atoms with Gasteiger partial charge in [-0.1, -0.05) is 17.7 Å². The van der Waals surface area contributed by atoms with Gasteiger partial charge in [0.25, 0.3) is 0 Å². The summed E-state index contributed by atoms with van der Waals surface area (Å²) >= 11 is 0. The number of aryl methyl sites for hydroxylation is 1. The first-order valence-electron chi connectivity index (χ1n) is 9.16. The van der Waals surface area contributed by atoms with Gasteiger partial charge in [-0.15, -0.1) is 0 Å². The van der Waals surface area contributed by atoms with Crippen LogP contribution in [0.25, 0.3) is 0 Å². The summed E-state index contributed by atoms with van der Waals surface area (Å²) in [6, 6.07) is 8.94. The van der Waals surface area contributed by atoms with Gasteiger partial charge in [-0.3, -0.25) is 0 Å². The molecule has 1 aromatic carbocycles. The molecule has 0 bridgehead atoms. The third-order valence-corrected chi connectivity index (χ3v) is 4.19. The molecule has 0 radical (unpaired) electrons. The summed E-state index contributed by atoms with van der Waals surface area (Å²) in [6.07, 6.45) is 2.63. The minimum absolute atomic E-state index is 0.178. The molecule has 3 unspecified atom stereocenters. The minimum atomic E-state index is -0.456. The van der Waals surface area contributed by atoms with Crippen LogP contribution in [0.1, 0.15) is 52.5 Å². The summed E-state index contributed by atoms with van der Waals surface area (Å²) in [5, 5.41) is 6.56. The van der Waals surface area contributed by atoms with Gasteiger partial charge in [0.1, 0.15) is 18.0 Å². The smallest absolute Gasteiger partial charge is 0.407 e. The summed E-state index contributed by atoms with van der Waals surface area (Å²) in [5.41, 5.74) is 0.773. The van der Waals surface area contributed by atoms with E-state index in [2.05, 4.69) is 36.6 Å². The second-order valence-electron chi connectivity index (χ2n) is 8.04. The normalized spacial score (nSPS) is 21.6. The average Bonchev–Trinajstić information content (AvgIpc) is 2.91. The van der Waals surface area contributed by atoms with E-state index in [1.807, 2.05) is 32.9 Å². The van der Waals surface area contributed by atoms with E-state index < -0.39 is 5.60 Å². The molecule has 0 aromatic heterocycles. The molecule has 2 N–H and O–H groups in total. The maximum absolute atomic E-state index is 11.9. The first-order valence-corrected chi connectivity index (χ1v) is 9.16. The number of hydrogen-bond acceptors (Lipinski definition) is 4. The Kier molecular flexibility index (Phi) is 6.71. The Morgan fingerprint density at radius 3 is 2.48 bits per heavy atom. The fraction of sp³-hybridized carbons (Fsp3) is 0.650. The van der Waals surface area contributed by atoms with E-state index in [1.54, 1.807) is 0 Å². The molecule has 1 aromatic rings. The summed E-state index contributed by atoms with van der Waals surface area (Å²) < 4.78 is 11.1. The lowest BCUT2D eigenvalue weighted by molar-refractivity contribution is 0.0505. The van der Waals surface area contributed by atoms with Crippen LogP contribution in [0, 0.1) is 6.92 Å². The Labute approximate surface area is 151 Å². The maximum atomic E-state index is 11.9. The van der Waals surface area contributed by atoms with Gasteiger partial charge in [0, 0.05) is 18.1 Å². The molecule has 1 fully saturated rings. The molecule has 0 spiro atoms. The molecule has 5 nitrogen and oxygen atoms in total. The van der Waals surface area contributed by atoms with E-state index in [0.29, 0.717) is 12.6 Å². The van der Waals surface area contributed by atoms with Gasteiger partial charge in [-0.2, -0.15) is 0 Å². The number of ether oxygens (including phenoxy) is 2. The van der Waals surface area contributed by atoms with Crippen LogP contribution in [0.3, 0.4) is 0 Å². The van der Waals surface area contributed by atoms with E-state index in [4.69, 9.17) is 9.47 Å². The van der Waals surface area contributed by atoms with Crippen molar-refractivity contribution in [1.82, 2.24) is 10.6 Å². The van der Waals surface area contributed by atoms with Crippen LogP contribution in [0.5, 0.6) is 5.75 Å². The Morgan fingerprint density at radius 2 is 1.84 bits per heavy atom. The quantitative estimate of drug-likeness (QED) is 0.821. The SMILES string of the molecule is Cc1ccc(OCC(C)NC2CCC(NC(=O)OC(C)(C)C)C2)cc1. The zero-order valence-electron chi connectivity index (χ0n) is 16.1. The molecule has 5 heteroatoms. The third kappa shape index (κ3) is 7.34. The highest BCUT2D eigenvalue weighted by molar-refractivity contribution is 5.68. The lowest BCUT2D eigenvalue weighted by atomic mass is 10.2. The van der Waals surface area contributed by atoms with Gasteiger partial charge in [-0.05, 0) is 66.0 Å². The molecular formula is C20H32N2O3. The Balaban J connectivity index is 1.67. The van der Waals surface area contributed by atoms with Crippen LogP contribution in [0.15, 0.2) is 24.3 Å². The Morgan fingerprint density at radius 1 is 1.20 bits per heavy atom. The predicted molar refractivity (Wildman–Crippen MR) is 100 cm³/mol. The second-order valence-corrected chi connectivity index (χ2v) is 8.04. The molecule has 3 atom stereocenters. The molecule has 1 aliphatic carbocycles. The minimum Gasteiger partial charge on any atom is -0.492 e. The summed E-state index contributed by atoms with van der Waals surface area (Å²) in [7, 11) is 0. The van der Waals surface area contributed by atoms with E-state index in [0.717, 1.165) is 25.0 Å². The van der Waals surface area contributed by atoms with Crippen LogP contribution in [0.2, 0.25) is 0 Å². The lowest BCUT2D eigenvalue weighted by Crippen LogP contribution is -2.41. The number of nitrogens with one attached hydrogen (secondary N) is 2. The molecule has 25 heavy (non-hydrogen) atoms. The summed E-state index contributed by atoms with van der Waals surface area (Å²) in [6.45, 7) is 10.5. The van der Waals surface area contributed by atoms with Crippen molar-refractivity contribution in [3.63, 3.8) is 0 Å². The molecule has 140 valence electrons. The van der Waals surface area contributed by atoms with E-state index in [1.165, 1.54) is 5.56 Å². The average molecular weight is 348 g/mol. The number of hydrogen-bond donors (Lipinski definition) is 2. The van der Waals surface area contributed by atoms with Crippen molar-refractivity contribution in [3.05, 3.63) is 29.8 Å². The lowest BCUT2D eigenvalue weighted by Gasteiger charge is -2.22. The number of rotatable bonds is 6. The van der Waals surface area contributed by atoms with Crippen LogP contribution in [-0.4, -0.2) is 36.4 Å². The highest BCUT2D eigenvalue weighted by atomic mass is 16.6. The van der Waals surface area contributed by atoms with Crippen molar-refractivity contribution in [2.45, 2.75) is 77.6 Å². The summed E-state index contributed by atoms with van der Waals surface area (Å²) in [4.78, 5) is 11.9. The predicted octanol–water partition coefficient (Wildman–Crippen LogP) is 3.80. The van der Waals surface area contributed by atoms with Crippen molar-refractivity contribution in [2.24, 2.45) is 0 Å². The molecular weight excluding hydrogens is 316 g/mol. The highest BCUT2D eigenvalue weighted by Gasteiger charge is 2.28. The number of carbonyl (C=O) groups excluding carboxylic acids is 1. The number of alkyl carbamates (subject to hydrolysis) is 1. The largest absolute Gasteiger partial charge is 0.492 e. The number of carbonyl (C=O) groups is 1. The van der Waals surface area contributed by atoms with Gasteiger partial charge in [0.2, 0.25) is 0 Å². The van der Waals surface area contributed by atoms with Gasteiger partial charge in [0.15, 0.2) is 0 Å². The molecule has 1 amide bonds. The van der Waals surface area contributed by atoms with Gasteiger partial charge >= 0.3 is 6.09 Å². The van der Waals surface area contributed by atoms with Gasteiger partial charge in [-0.25, -0.2) is 4.79 Å². The molecule has 0 aliphatic heterocycles. The van der Waals surface area contributed by atoms with E-state index >= 15 is 0 Å². The Bertz CT molecular complexity index is 551. The van der Waals surface area contributed by atoms with Gasteiger partial charge < -0.3 is 20.1 Å². The van der Waals surface area contributed by atoms with E-state index in [-0.39, 0.29) is 18.2 Å². The van der Waals surface area contributed by atoms with Crippen molar-refractivity contribution in [2.75, 3.05) is 6.61 Å². The zero-order chi connectivity index (χ0) is 18.4. The maximum Gasteiger partial charge on any atom is 0.407 e. The topological polar surface area (TPSA) is 59.6 Å². The first kappa shape index (κ1) is 19.6. The Hall–Kier alpha value is -1.75. The monoisotopic (exact) mass is 348 g/mol. The summed E-state index contributed by atoms with van der Waals surface area (Å²) in [5.74, 6) is 0.898. The third-order valence-electron chi connectivity index (χ3n) is 4.19. The van der Waals surface area contributed by atoms with Crippen molar-refractivity contribution < 1.29 is 14.3 Å². The van der Waals surface area contributed by atoms with Crippen LogP contribution < -0.4 is 15.4 Å². The van der Waals surface area contributed by atoms with Gasteiger partial charge in [0.05, 0.1) is 0 Å². The molecule has 2 rings (SSSR count). The van der Waals surface area contributed by atoms with Crippen LogP contribution >= 0.6 is 0 Å². The van der Waals surface area contributed by atoms with Crippen LogP contribution in [-0.2, 0) is 4.74 Å². The number of amides is 1. The van der Waals surface area contributed by atoms with Crippen molar-refractivity contribution in [3.8, 4) is 5.75 Å². The molecule has 0 saturated heterocycles. The van der Waals surface area contributed by atoms with Crippen molar-refractivity contribution >= 4 is 6.09 Å². The number of benzene rings is 1. The molecule has 0 heterocycles. The molecule has 1 aliphatic rings. The highest BCUT2D eigenvalue weighted by Crippen LogP contribution is 2.20. The molecule has 1 saturated carbocycles. The van der Waals surface area contributed by atoms with E-state index in [9.17, 15) is 4.79 Å². The fourth-order valence-electron chi connectivity index (χ4n) is 3.04. The fourth-order valence-corrected chi connectivity index (χ4v) is 3.04. The van der Waals surface area contributed by atoms with Crippen molar-refractivity contribution in [1.29, 1.82) is 0 Å².